The highest BCUT2D eigenvalue weighted by Gasteiger charge is 2.35. The van der Waals surface area contributed by atoms with Crippen LogP contribution in [-0.2, 0) is 17.9 Å². The van der Waals surface area contributed by atoms with Crippen LogP contribution >= 0.6 is 23.7 Å². The first-order chi connectivity index (χ1) is 16.8. The van der Waals surface area contributed by atoms with Gasteiger partial charge in [0.25, 0.3) is 0 Å². The molecule has 3 aromatic rings. The van der Waals surface area contributed by atoms with Crippen LogP contribution in [0.3, 0.4) is 0 Å². The maximum atomic E-state index is 13.1. The number of halogens is 1. The van der Waals surface area contributed by atoms with Crippen LogP contribution in [0.5, 0.6) is 0 Å². The second-order valence-electron chi connectivity index (χ2n) is 10.0. The molecule has 0 radical (unpaired) electrons. The van der Waals surface area contributed by atoms with Gasteiger partial charge in [-0.3, -0.25) is 9.69 Å². The van der Waals surface area contributed by atoms with Gasteiger partial charge in [0, 0.05) is 25.8 Å². The molecule has 1 atom stereocenters. The van der Waals surface area contributed by atoms with Crippen molar-refractivity contribution < 1.29 is 4.79 Å². The molecule has 8 heteroatoms. The second kappa shape index (κ2) is 10.8. The van der Waals surface area contributed by atoms with Gasteiger partial charge in [-0.25, -0.2) is 4.98 Å². The number of nitrogens with one attached hydrogen (secondary N) is 1. The Hall–Kier alpha value is -2.22. The number of amides is 1. The molecule has 186 valence electrons. The van der Waals surface area contributed by atoms with Gasteiger partial charge >= 0.3 is 0 Å². The average Bonchev–Trinajstić information content (AvgIpc) is 3.42. The third-order valence-electron chi connectivity index (χ3n) is 7.47. The number of fused-ring (bicyclic) bond motifs is 1. The fourth-order valence-electron chi connectivity index (χ4n) is 5.52. The van der Waals surface area contributed by atoms with Crippen LogP contribution < -0.4 is 10.2 Å². The molecule has 1 N–H and O–H groups in total. The van der Waals surface area contributed by atoms with Gasteiger partial charge in [0.2, 0.25) is 5.91 Å². The van der Waals surface area contributed by atoms with Crippen molar-refractivity contribution in [2.24, 2.45) is 0 Å². The van der Waals surface area contributed by atoms with Crippen molar-refractivity contribution in [3.63, 3.8) is 0 Å². The molecule has 2 saturated heterocycles. The van der Waals surface area contributed by atoms with Crippen molar-refractivity contribution in [3.05, 3.63) is 53.2 Å². The number of thiazole rings is 1. The molecule has 6 rings (SSSR count). The van der Waals surface area contributed by atoms with Crippen molar-refractivity contribution in [1.29, 1.82) is 0 Å². The van der Waals surface area contributed by atoms with E-state index in [9.17, 15) is 4.79 Å². The van der Waals surface area contributed by atoms with Crippen LogP contribution in [0.25, 0.3) is 10.3 Å². The van der Waals surface area contributed by atoms with E-state index in [4.69, 9.17) is 9.97 Å². The number of hydrogen-bond acceptors (Lipinski definition) is 6. The topological polar surface area (TPSA) is 61.4 Å². The number of pyridine rings is 1. The monoisotopic (exact) mass is 511 g/mol. The Morgan fingerprint density at radius 1 is 1.03 bits per heavy atom. The first-order valence-corrected chi connectivity index (χ1v) is 13.7. The fraction of sp³-hybridized carbons (Fsp3) is 0.519. The molecule has 0 spiro atoms. The zero-order valence-corrected chi connectivity index (χ0v) is 21.8. The molecule has 3 aliphatic rings. The minimum Gasteiger partial charge on any atom is -0.350 e. The van der Waals surface area contributed by atoms with Crippen molar-refractivity contribution in [2.75, 3.05) is 24.5 Å². The number of likely N-dealkylation sites (tertiary alicyclic amines) is 1. The number of hydrogen-bond donors (Lipinski definition) is 1. The maximum Gasteiger partial charge on any atom is 0.243 e. The third kappa shape index (κ3) is 5.32. The summed E-state index contributed by atoms with van der Waals surface area (Å²) in [6, 6.07) is 9.96. The summed E-state index contributed by atoms with van der Waals surface area (Å²) in [4.78, 5) is 27.6. The molecule has 1 saturated carbocycles. The molecule has 1 aliphatic carbocycles. The quantitative estimate of drug-likeness (QED) is 0.468. The first-order valence-electron chi connectivity index (χ1n) is 12.9. The van der Waals surface area contributed by atoms with Crippen LogP contribution in [0.15, 0.2) is 36.5 Å². The van der Waals surface area contributed by atoms with Crippen LogP contribution in [0.1, 0.15) is 67.6 Å². The summed E-state index contributed by atoms with van der Waals surface area (Å²) in [5, 5.41) is 4.10. The summed E-state index contributed by atoms with van der Waals surface area (Å²) < 4.78 is 1.25. The number of carbonyl (C=O) groups is 1. The highest BCUT2D eigenvalue weighted by atomic mass is 35.5. The van der Waals surface area contributed by atoms with Crippen LogP contribution in [-0.4, -0.2) is 46.5 Å². The number of rotatable bonds is 7. The summed E-state index contributed by atoms with van der Waals surface area (Å²) >= 11 is 1.76. The molecule has 0 bridgehead atoms. The van der Waals surface area contributed by atoms with Gasteiger partial charge in [-0.15, -0.1) is 12.4 Å². The van der Waals surface area contributed by atoms with E-state index < -0.39 is 0 Å². The Morgan fingerprint density at radius 3 is 2.60 bits per heavy atom. The molecule has 1 unspecified atom stereocenters. The SMILES string of the molecule is Cl.O=C(NCc1ccccc1)C1CCCN1c1nc2ncc(CN3CCCCC3)c(C3CC3)c2s1. The standard InChI is InChI=1S/C27H33N5OS.ClH/c33-26(29-16-19-8-3-1-4-9-19)22-10-7-15-32(22)27-30-25-24(34-27)23(20-11-12-20)21(17-28-25)18-31-13-5-2-6-14-31;/h1,3-4,8-9,17,20,22H,2,5-7,10-16,18H2,(H,29,33);1H. The van der Waals surface area contributed by atoms with E-state index in [1.165, 1.54) is 61.0 Å². The van der Waals surface area contributed by atoms with Crippen molar-refractivity contribution in [2.45, 2.75) is 70.0 Å². The second-order valence-corrected chi connectivity index (χ2v) is 11.0. The summed E-state index contributed by atoms with van der Waals surface area (Å²) in [5.41, 5.74) is 4.87. The van der Waals surface area contributed by atoms with Crippen molar-refractivity contribution in [1.82, 2.24) is 20.2 Å². The van der Waals surface area contributed by atoms with Gasteiger partial charge in [0.05, 0.1) is 4.70 Å². The first kappa shape index (κ1) is 24.5. The maximum absolute atomic E-state index is 13.1. The highest BCUT2D eigenvalue weighted by molar-refractivity contribution is 7.22. The van der Waals surface area contributed by atoms with E-state index in [-0.39, 0.29) is 24.4 Å². The number of piperidine rings is 1. The molecular weight excluding hydrogens is 478 g/mol. The van der Waals surface area contributed by atoms with E-state index in [0.29, 0.717) is 12.5 Å². The Labute approximate surface area is 217 Å². The lowest BCUT2D eigenvalue weighted by Gasteiger charge is -2.27. The summed E-state index contributed by atoms with van der Waals surface area (Å²) in [6.45, 7) is 4.85. The zero-order chi connectivity index (χ0) is 22.9. The number of anilines is 1. The number of aromatic nitrogens is 2. The molecule has 1 amide bonds. The van der Waals surface area contributed by atoms with Crippen molar-refractivity contribution in [3.8, 4) is 0 Å². The minimum absolute atomic E-state index is 0. The van der Waals surface area contributed by atoms with Crippen LogP contribution in [0, 0.1) is 0 Å². The fourth-order valence-corrected chi connectivity index (χ4v) is 6.76. The number of benzene rings is 1. The molecule has 1 aromatic carbocycles. The Kier molecular flexibility index (Phi) is 7.56. The van der Waals surface area contributed by atoms with E-state index in [2.05, 4.69) is 21.3 Å². The lowest BCUT2D eigenvalue weighted by atomic mass is 10.0. The molecule has 6 nitrogen and oxygen atoms in total. The Morgan fingerprint density at radius 2 is 1.83 bits per heavy atom. The van der Waals surface area contributed by atoms with Crippen LogP contribution in [0.4, 0.5) is 5.13 Å². The van der Waals surface area contributed by atoms with Gasteiger partial charge in [0.1, 0.15) is 6.04 Å². The van der Waals surface area contributed by atoms with Gasteiger partial charge < -0.3 is 10.2 Å². The molecule has 2 aromatic heterocycles. The third-order valence-corrected chi connectivity index (χ3v) is 8.59. The molecular formula is C27H34ClN5OS. The molecule has 3 fully saturated rings. The van der Waals surface area contributed by atoms with E-state index in [1.807, 2.05) is 30.3 Å². The van der Waals surface area contributed by atoms with Gasteiger partial charge in [-0.2, -0.15) is 4.98 Å². The minimum atomic E-state index is -0.151. The largest absolute Gasteiger partial charge is 0.350 e. The lowest BCUT2D eigenvalue weighted by molar-refractivity contribution is -0.122. The Balaban J connectivity index is 0.00000253. The number of nitrogens with zero attached hydrogens (tertiary/aromatic N) is 4. The molecule has 4 heterocycles. The predicted octanol–water partition coefficient (Wildman–Crippen LogP) is 5.26. The van der Waals surface area contributed by atoms with Gasteiger partial charge in [-0.1, -0.05) is 48.1 Å². The number of carbonyl (C=O) groups excluding carboxylic acids is 1. The van der Waals surface area contributed by atoms with E-state index in [0.717, 1.165) is 42.3 Å². The summed E-state index contributed by atoms with van der Waals surface area (Å²) in [5.74, 6) is 0.754. The normalized spacial score (nSPS) is 20.7. The average molecular weight is 512 g/mol. The molecule has 35 heavy (non-hydrogen) atoms. The Bertz CT molecular complexity index is 1160. The lowest BCUT2D eigenvalue weighted by Crippen LogP contribution is -2.43. The zero-order valence-electron chi connectivity index (χ0n) is 20.1. The smallest absolute Gasteiger partial charge is 0.243 e. The summed E-state index contributed by atoms with van der Waals surface area (Å²) in [6.07, 6.45) is 10.5. The summed E-state index contributed by atoms with van der Waals surface area (Å²) in [7, 11) is 0. The van der Waals surface area contributed by atoms with Gasteiger partial charge in [0.15, 0.2) is 10.8 Å². The van der Waals surface area contributed by atoms with E-state index in [1.54, 1.807) is 11.3 Å². The van der Waals surface area contributed by atoms with E-state index >= 15 is 0 Å². The van der Waals surface area contributed by atoms with Gasteiger partial charge in [-0.05, 0) is 74.2 Å². The predicted molar refractivity (Wildman–Crippen MR) is 144 cm³/mol. The molecule has 2 aliphatic heterocycles. The van der Waals surface area contributed by atoms with Crippen LogP contribution in [0.2, 0.25) is 0 Å². The van der Waals surface area contributed by atoms with Crippen molar-refractivity contribution >= 4 is 45.1 Å². The highest BCUT2D eigenvalue weighted by Crippen LogP contribution is 2.47.